The Morgan fingerprint density at radius 2 is 1.88 bits per heavy atom. The minimum Gasteiger partial charge on any atom is -0.469 e. The number of hydrogen-bond acceptors (Lipinski definition) is 3. The number of esters is 1. The summed E-state index contributed by atoms with van der Waals surface area (Å²) in [5.41, 5.74) is 1.05. The summed E-state index contributed by atoms with van der Waals surface area (Å²) in [4.78, 5) is 12.9. The molecule has 0 bridgehead atoms. The molecule has 1 heterocycles. The first kappa shape index (κ1) is 14.2. The molecule has 96 valence electrons. The first-order valence-corrected chi connectivity index (χ1v) is 6.71. The van der Waals surface area contributed by atoms with Crippen LogP contribution in [-0.2, 0) is 21.4 Å². The zero-order chi connectivity index (χ0) is 13.3. The molecule has 0 aliphatic heterocycles. The van der Waals surface area contributed by atoms with Crippen molar-refractivity contribution < 1.29 is 9.53 Å². The molecule has 0 atom stereocenters. The molecule has 1 aromatic heterocycles. The van der Waals surface area contributed by atoms with Crippen LogP contribution in [0.25, 0.3) is 0 Å². The van der Waals surface area contributed by atoms with Gasteiger partial charge in [0.05, 0.1) is 12.5 Å². The lowest BCUT2D eigenvalue weighted by Gasteiger charge is -2.20. The van der Waals surface area contributed by atoms with Crippen LogP contribution in [0.4, 0.5) is 0 Å². The van der Waals surface area contributed by atoms with Crippen LogP contribution >= 0.6 is 11.3 Å². The van der Waals surface area contributed by atoms with E-state index in [1.807, 2.05) is 13.8 Å². The third-order valence-corrected chi connectivity index (χ3v) is 3.81. The Hall–Kier alpha value is -0.830. The third kappa shape index (κ3) is 3.56. The van der Waals surface area contributed by atoms with E-state index in [9.17, 15) is 4.79 Å². The molecule has 0 N–H and O–H groups in total. The molecule has 0 unspecified atom stereocenters. The highest BCUT2D eigenvalue weighted by Gasteiger charge is 2.30. The molecular weight excluding hydrogens is 232 g/mol. The van der Waals surface area contributed by atoms with Gasteiger partial charge in [-0.15, -0.1) is 11.3 Å². The van der Waals surface area contributed by atoms with Gasteiger partial charge >= 0.3 is 5.97 Å². The van der Waals surface area contributed by atoms with Crippen LogP contribution in [0, 0.1) is 5.41 Å². The van der Waals surface area contributed by atoms with Gasteiger partial charge in [0, 0.05) is 4.88 Å². The molecule has 0 saturated carbocycles. The van der Waals surface area contributed by atoms with Crippen molar-refractivity contribution in [3.8, 4) is 0 Å². The lowest BCUT2D eigenvalue weighted by atomic mass is 9.86. The Morgan fingerprint density at radius 1 is 1.29 bits per heavy atom. The second-order valence-electron chi connectivity index (χ2n) is 6.10. The van der Waals surface area contributed by atoms with E-state index in [-0.39, 0.29) is 11.4 Å². The van der Waals surface area contributed by atoms with Gasteiger partial charge in [-0.1, -0.05) is 20.8 Å². The topological polar surface area (TPSA) is 26.3 Å². The fourth-order valence-corrected chi connectivity index (χ4v) is 2.99. The molecule has 0 spiro atoms. The minimum absolute atomic E-state index is 0.150. The SMILES string of the molecule is COC(=O)C(C)(C)Cc1cc(C(C)(C)C)cs1. The summed E-state index contributed by atoms with van der Waals surface area (Å²) >= 11 is 1.72. The lowest BCUT2D eigenvalue weighted by Crippen LogP contribution is -2.27. The summed E-state index contributed by atoms with van der Waals surface area (Å²) < 4.78 is 4.83. The lowest BCUT2D eigenvalue weighted by molar-refractivity contribution is -0.150. The van der Waals surface area contributed by atoms with Crippen molar-refractivity contribution in [3.05, 3.63) is 21.9 Å². The van der Waals surface area contributed by atoms with Crippen LogP contribution in [0.3, 0.4) is 0 Å². The molecule has 0 aliphatic carbocycles. The van der Waals surface area contributed by atoms with E-state index in [0.29, 0.717) is 0 Å². The number of methoxy groups -OCH3 is 1. The largest absolute Gasteiger partial charge is 0.469 e. The summed E-state index contributed by atoms with van der Waals surface area (Å²) in [6.07, 6.45) is 0.737. The van der Waals surface area contributed by atoms with Gasteiger partial charge in [-0.25, -0.2) is 0 Å². The smallest absolute Gasteiger partial charge is 0.311 e. The number of carbonyl (C=O) groups excluding carboxylic acids is 1. The monoisotopic (exact) mass is 254 g/mol. The summed E-state index contributed by atoms with van der Waals surface area (Å²) in [6.45, 7) is 10.4. The van der Waals surface area contributed by atoms with Crippen LogP contribution in [0.15, 0.2) is 11.4 Å². The Morgan fingerprint density at radius 3 is 2.29 bits per heavy atom. The van der Waals surface area contributed by atoms with Crippen LogP contribution in [0.2, 0.25) is 0 Å². The standard InChI is InChI=1S/C14H22O2S/c1-13(2,3)10-7-11(17-9-10)8-14(4,5)12(15)16-6/h7,9H,8H2,1-6H3. The highest BCUT2D eigenvalue weighted by molar-refractivity contribution is 7.10. The first-order valence-electron chi connectivity index (χ1n) is 5.83. The zero-order valence-electron chi connectivity index (χ0n) is 11.6. The van der Waals surface area contributed by atoms with Gasteiger partial charge in [0.1, 0.15) is 0 Å². The molecular formula is C14H22O2S. The quantitative estimate of drug-likeness (QED) is 0.767. The fourth-order valence-electron chi connectivity index (χ4n) is 1.65. The molecule has 3 heteroatoms. The van der Waals surface area contributed by atoms with Gasteiger partial charge in [-0.3, -0.25) is 4.79 Å². The van der Waals surface area contributed by atoms with Crippen molar-refractivity contribution in [2.75, 3.05) is 7.11 Å². The Labute approximate surface area is 108 Å². The van der Waals surface area contributed by atoms with Crippen molar-refractivity contribution in [2.24, 2.45) is 5.41 Å². The number of carbonyl (C=O) groups is 1. The fraction of sp³-hybridized carbons (Fsp3) is 0.643. The van der Waals surface area contributed by atoms with E-state index in [1.165, 1.54) is 17.6 Å². The van der Waals surface area contributed by atoms with Gasteiger partial charge in [-0.2, -0.15) is 0 Å². The molecule has 0 fully saturated rings. The molecule has 0 saturated heterocycles. The third-order valence-electron chi connectivity index (χ3n) is 2.87. The molecule has 1 aromatic rings. The van der Waals surface area contributed by atoms with Gasteiger partial charge in [0.15, 0.2) is 0 Å². The van der Waals surface area contributed by atoms with Gasteiger partial charge in [0.2, 0.25) is 0 Å². The maximum absolute atomic E-state index is 11.6. The minimum atomic E-state index is -0.450. The van der Waals surface area contributed by atoms with Crippen LogP contribution in [0.1, 0.15) is 45.1 Å². The summed E-state index contributed by atoms with van der Waals surface area (Å²) in [7, 11) is 1.44. The van der Waals surface area contributed by atoms with Crippen LogP contribution in [-0.4, -0.2) is 13.1 Å². The summed E-state index contributed by atoms with van der Waals surface area (Å²) in [5, 5.41) is 2.18. The van der Waals surface area contributed by atoms with E-state index in [0.717, 1.165) is 6.42 Å². The van der Waals surface area contributed by atoms with Gasteiger partial charge < -0.3 is 4.74 Å². The average molecular weight is 254 g/mol. The number of rotatable bonds is 3. The molecule has 0 amide bonds. The van der Waals surface area contributed by atoms with Crippen molar-refractivity contribution in [2.45, 2.75) is 46.5 Å². The van der Waals surface area contributed by atoms with E-state index < -0.39 is 5.41 Å². The average Bonchev–Trinajstić information content (AvgIpc) is 2.63. The number of hydrogen-bond donors (Lipinski definition) is 0. The molecule has 1 rings (SSSR count). The van der Waals surface area contributed by atoms with Gasteiger partial charge in [0.25, 0.3) is 0 Å². The van der Waals surface area contributed by atoms with Crippen LogP contribution in [0.5, 0.6) is 0 Å². The van der Waals surface area contributed by atoms with Crippen molar-refractivity contribution in [1.82, 2.24) is 0 Å². The Balaban J connectivity index is 2.83. The molecule has 17 heavy (non-hydrogen) atoms. The Kier molecular flexibility index (Phi) is 4.03. The Bertz CT molecular complexity index is 397. The van der Waals surface area contributed by atoms with Crippen molar-refractivity contribution >= 4 is 17.3 Å². The van der Waals surface area contributed by atoms with E-state index >= 15 is 0 Å². The van der Waals surface area contributed by atoms with Crippen LogP contribution < -0.4 is 0 Å². The molecule has 0 aliphatic rings. The maximum Gasteiger partial charge on any atom is 0.311 e. The summed E-state index contributed by atoms with van der Waals surface area (Å²) in [5.74, 6) is -0.150. The predicted molar refractivity (Wildman–Crippen MR) is 72.5 cm³/mol. The molecule has 0 radical (unpaired) electrons. The molecule has 0 aromatic carbocycles. The normalized spacial score (nSPS) is 12.6. The first-order chi connectivity index (χ1) is 7.66. The second kappa shape index (κ2) is 4.81. The van der Waals surface area contributed by atoms with E-state index in [1.54, 1.807) is 11.3 Å². The van der Waals surface area contributed by atoms with E-state index in [4.69, 9.17) is 4.74 Å². The zero-order valence-corrected chi connectivity index (χ0v) is 12.4. The molecule has 2 nitrogen and oxygen atoms in total. The van der Waals surface area contributed by atoms with Crippen molar-refractivity contribution in [1.29, 1.82) is 0 Å². The number of ether oxygens (including phenoxy) is 1. The highest BCUT2D eigenvalue weighted by Crippen LogP contribution is 2.31. The predicted octanol–water partition coefficient (Wildman–Crippen LogP) is 3.79. The number of thiophene rings is 1. The second-order valence-corrected chi connectivity index (χ2v) is 7.10. The van der Waals surface area contributed by atoms with Gasteiger partial charge in [-0.05, 0) is 42.7 Å². The summed E-state index contributed by atoms with van der Waals surface area (Å²) in [6, 6.07) is 2.20. The maximum atomic E-state index is 11.6. The highest BCUT2D eigenvalue weighted by atomic mass is 32.1. The van der Waals surface area contributed by atoms with E-state index in [2.05, 4.69) is 32.2 Å². The van der Waals surface area contributed by atoms with Crippen molar-refractivity contribution in [3.63, 3.8) is 0 Å².